The summed E-state index contributed by atoms with van der Waals surface area (Å²) in [4.78, 5) is 1.98. The third-order valence-electron chi connectivity index (χ3n) is 5.16. The molecule has 4 nitrogen and oxygen atoms in total. The van der Waals surface area contributed by atoms with Crippen molar-refractivity contribution >= 4 is 5.57 Å². The monoisotopic (exact) mass is 360 g/mol. The Morgan fingerprint density at radius 3 is 2.46 bits per heavy atom. The maximum Gasteiger partial charge on any atom is 0.433 e. The molecule has 0 bridgehead atoms. The smallest absolute Gasteiger partial charge is 0.367 e. The van der Waals surface area contributed by atoms with Gasteiger partial charge >= 0.3 is 6.18 Å². The normalized spacial score (nSPS) is 20.6. The SMILES string of the molecule is CC1=C(c2ccc(C#N)cc2)C(C)C(C)N1Cc1cn[nH]c1C(F)(F)F. The summed E-state index contributed by atoms with van der Waals surface area (Å²) in [5, 5.41) is 14.6. The Morgan fingerprint density at radius 1 is 1.23 bits per heavy atom. The van der Waals surface area contributed by atoms with E-state index in [-0.39, 0.29) is 24.1 Å². The van der Waals surface area contributed by atoms with Gasteiger partial charge in [0, 0.05) is 29.8 Å². The lowest BCUT2D eigenvalue weighted by Gasteiger charge is -2.27. The number of hydrogen-bond donors (Lipinski definition) is 1. The highest BCUT2D eigenvalue weighted by atomic mass is 19.4. The zero-order valence-electron chi connectivity index (χ0n) is 14.7. The minimum atomic E-state index is -4.45. The number of aromatic nitrogens is 2. The van der Waals surface area contributed by atoms with Crippen LogP contribution < -0.4 is 0 Å². The molecule has 26 heavy (non-hydrogen) atoms. The van der Waals surface area contributed by atoms with Crippen molar-refractivity contribution in [1.29, 1.82) is 5.26 Å². The number of nitrogens with one attached hydrogen (secondary N) is 1. The van der Waals surface area contributed by atoms with Crippen LogP contribution in [0, 0.1) is 17.2 Å². The van der Waals surface area contributed by atoms with Crippen molar-refractivity contribution in [2.75, 3.05) is 0 Å². The van der Waals surface area contributed by atoms with E-state index in [0.717, 1.165) is 16.8 Å². The van der Waals surface area contributed by atoms with Gasteiger partial charge in [0.1, 0.15) is 5.69 Å². The van der Waals surface area contributed by atoms with Gasteiger partial charge in [0.15, 0.2) is 0 Å². The first-order chi connectivity index (χ1) is 12.2. The number of nitriles is 1. The van der Waals surface area contributed by atoms with Gasteiger partial charge in [-0.05, 0) is 37.1 Å². The molecule has 1 aromatic carbocycles. The number of benzene rings is 1. The van der Waals surface area contributed by atoms with Gasteiger partial charge in [-0.3, -0.25) is 5.10 Å². The van der Waals surface area contributed by atoms with E-state index in [2.05, 4.69) is 23.2 Å². The lowest BCUT2D eigenvalue weighted by atomic mass is 9.91. The Balaban J connectivity index is 1.95. The lowest BCUT2D eigenvalue weighted by Crippen LogP contribution is -2.30. The van der Waals surface area contributed by atoms with Crippen LogP contribution in [-0.2, 0) is 12.7 Å². The molecule has 0 amide bonds. The van der Waals surface area contributed by atoms with Crippen molar-refractivity contribution in [2.45, 2.75) is 39.5 Å². The highest BCUT2D eigenvalue weighted by Gasteiger charge is 2.38. The van der Waals surface area contributed by atoms with Crippen LogP contribution in [-0.4, -0.2) is 21.1 Å². The average Bonchev–Trinajstić information content (AvgIpc) is 3.15. The first-order valence-electron chi connectivity index (χ1n) is 8.31. The zero-order chi connectivity index (χ0) is 19.1. The summed E-state index contributed by atoms with van der Waals surface area (Å²) in [6.07, 6.45) is -3.21. The van der Waals surface area contributed by atoms with Gasteiger partial charge in [0.05, 0.1) is 17.8 Å². The second-order valence-corrected chi connectivity index (χ2v) is 6.61. The minimum Gasteiger partial charge on any atom is -0.367 e. The molecule has 2 heterocycles. The molecule has 136 valence electrons. The predicted molar refractivity (Wildman–Crippen MR) is 91.5 cm³/mol. The highest BCUT2D eigenvalue weighted by Crippen LogP contribution is 2.41. The molecule has 1 aromatic heterocycles. The fourth-order valence-electron chi connectivity index (χ4n) is 3.62. The number of nitrogens with zero attached hydrogens (tertiary/aromatic N) is 3. The summed E-state index contributed by atoms with van der Waals surface area (Å²) in [7, 11) is 0. The van der Waals surface area contributed by atoms with Crippen LogP contribution in [0.4, 0.5) is 13.2 Å². The van der Waals surface area contributed by atoms with E-state index in [1.165, 1.54) is 6.20 Å². The Bertz CT molecular complexity index is 871. The molecule has 0 spiro atoms. The molecule has 1 aliphatic heterocycles. The molecule has 2 unspecified atom stereocenters. The number of halogens is 3. The summed E-state index contributed by atoms with van der Waals surface area (Å²) in [6.45, 7) is 6.16. The van der Waals surface area contributed by atoms with E-state index in [9.17, 15) is 13.2 Å². The topological polar surface area (TPSA) is 55.7 Å². The fraction of sp³-hybridized carbons (Fsp3) is 0.368. The molecule has 1 aliphatic rings. The van der Waals surface area contributed by atoms with Crippen LogP contribution in [0.5, 0.6) is 0 Å². The van der Waals surface area contributed by atoms with E-state index in [1.54, 1.807) is 12.1 Å². The third-order valence-corrected chi connectivity index (χ3v) is 5.16. The first-order valence-corrected chi connectivity index (χ1v) is 8.31. The van der Waals surface area contributed by atoms with E-state index >= 15 is 0 Å². The van der Waals surface area contributed by atoms with Gasteiger partial charge in [-0.25, -0.2) is 0 Å². The Labute approximate surface area is 149 Å². The lowest BCUT2D eigenvalue weighted by molar-refractivity contribution is -0.142. The number of alkyl halides is 3. The summed E-state index contributed by atoms with van der Waals surface area (Å²) < 4.78 is 39.3. The molecule has 2 aromatic rings. The van der Waals surface area contributed by atoms with Crippen LogP contribution in [0.2, 0.25) is 0 Å². The summed E-state index contributed by atoms with van der Waals surface area (Å²) >= 11 is 0. The predicted octanol–water partition coefficient (Wildman–Crippen LogP) is 4.57. The molecule has 7 heteroatoms. The Morgan fingerprint density at radius 2 is 1.88 bits per heavy atom. The molecule has 1 N–H and O–H groups in total. The van der Waals surface area contributed by atoms with Crippen molar-refractivity contribution in [1.82, 2.24) is 15.1 Å². The molecule has 2 atom stereocenters. The van der Waals surface area contributed by atoms with E-state index < -0.39 is 11.9 Å². The Hall–Kier alpha value is -2.75. The van der Waals surface area contributed by atoms with Gasteiger partial charge in [-0.1, -0.05) is 19.1 Å². The van der Waals surface area contributed by atoms with Crippen LogP contribution >= 0.6 is 0 Å². The molecule has 0 fully saturated rings. The summed E-state index contributed by atoms with van der Waals surface area (Å²) in [5.74, 6) is 0.157. The zero-order valence-corrected chi connectivity index (χ0v) is 14.7. The molecule has 0 saturated heterocycles. The van der Waals surface area contributed by atoms with Crippen molar-refractivity contribution in [2.24, 2.45) is 5.92 Å². The van der Waals surface area contributed by atoms with Crippen molar-refractivity contribution in [3.63, 3.8) is 0 Å². The fourth-order valence-corrected chi connectivity index (χ4v) is 3.62. The maximum atomic E-state index is 13.1. The molecule has 0 aliphatic carbocycles. The number of hydrogen-bond acceptors (Lipinski definition) is 3. The molecule has 3 rings (SSSR count). The third kappa shape index (κ3) is 3.07. The van der Waals surface area contributed by atoms with Crippen LogP contribution in [0.15, 0.2) is 36.2 Å². The largest absolute Gasteiger partial charge is 0.433 e. The molecule has 0 radical (unpaired) electrons. The molecular weight excluding hydrogens is 341 g/mol. The van der Waals surface area contributed by atoms with Gasteiger partial charge in [-0.2, -0.15) is 23.5 Å². The number of rotatable bonds is 3. The Kier molecular flexibility index (Phi) is 4.53. The number of allylic oxidation sites excluding steroid dienone is 1. The summed E-state index contributed by atoms with van der Waals surface area (Å²) in [5.41, 5.74) is 2.96. The van der Waals surface area contributed by atoms with E-state index in [0.29, 0.717) is 5.56 Å². The minimum absolute atomic E-state index is 0.0524. The average molecular weight is 360 g/mol. The van der Waals surface area contributed by atoms with Crippen molar-refractivity contribution < 1.29 is 13.2 Å². The molecule has 0 saturated carbocycles. The van der Waals surface area contributed by atoms with Crippen LogP contribution in [0.25, 0.3) is 5.57 Å². The van der Waals surface area contributed by atoms with Gasteiger partial charge in [-0.15, -0.1) is 0 Å². The maximum absolute atomic E-state index is 13.1. The number of H-pyrrole nitrogens is 1. The standard InChI is InChI=1S/C19H19F3N4/c1-11-12(2)26(10-16-9-24-25-18(16)19(20,21)22)13(3)17(11)15-6-4-14(8-23)5-7-15/h4-7,9,11-12H,10H2,1-3H3,(H,24,25). The highest BCUT2D eigenvalue weighted by molar-refractivity contribution is 5.72. The second kappa shape index (κ2) is 6.52. The van der Waals surface area contributed by atoms with Crippen molar-refractivity contribution in [3.8, 4) is 6.07 Å². The van der Waals surface area contributed by atoms with Crippen LogP contribution in [0.1, 0.15) is 43.2 Å². The van der Waals surface area contributed by atoms with Gasteiger partial charge in [0.25, 0.3) is 0 Å². The van der Waals surface area contributed by atoms with Gasteiger partial charge < -0.3 is 4.90 Å². The molecular formula is C19H19F3N4. The summed E-state index contributed by atoms with van der Waals surface area (Å²) in [6, 6.07) is 9.44. The second-order valence-electron chi connectivity index (χ2n) is 6.61. The van der Waals surface area contributed by atoms with Crippen LogP contribution in [0.3, 0.4) is 0 Å². The van der Waals surface area contributed by atoms with Gasteiger partial charge in [0.2, 0.25) is 0 Å². The van der Waals surface area contributed by atoms with Crippen molar-refractivity contribution in [3.05, 3.63) is 58.5 Å². The first kappa shape index (κ1) is 18.1. The number of aromatic amines is 1. The van der Waals surface area contributed by atoms with E-state index in [1.807, 2.05) is 30.9 Å². The quantitative estimate of drug-likeness (QED) is 0.872. The van der Waals surface area contributed by atoms with E-state index in [4.69, 9.17) is 5.26 Å².